The van der Waals surface area contributed by atoms with Crippen molar-refractivity contribution in [1.82, 2.24) is 4.90 Å². The molecule has 0 aliphatic carbocycles. The van der Waals surface area contributed by atoms with Crippen molar-refractivity contribution < 1.29 is 13.2 Å². The summed E-state index contributed by atoms with van der Waals surface area (Å²) in [4.78, 5) is 19.2. The second-order valence-electron chi connectivity index (χ2n) is 9.31. The molecule has 2 unspecified atom stereocenters. The maximum absolute atomic E-state index is 12.7. The summed E-state index contributed by atoms with van der Waals surface area (Å²) >= 11 is 0. The largest absolute Gasteiger partial charge is 0.369 e. The minimum Gasteiger partial charge on any atom is -0.369 e. The van der Waals surface area contributed by atoms with Crippen LogP contribution in [-0.4, -0.2) is 69.5 Å². The van der Waals surface area contributed by atoms with Gasteiger partial charge < -0.3 is 14.7 Å². The van der Waals surface area contributed by atoms with E-state index in [0.29, 0.717) is 43.8 Å². The van der Waals surface area contributed by atoms with E-state index in [4.69, 9.17) is 5.26 Å². The van der Waals surface area contributed by atoms with Gasteiger partial charge in [-0.25, -0.2) is 8.42 Å². The van der Waals surface area contributed by atoms with Gasteiger partial charge in [0.2, 0.25) is 5.91 Å². The Bertz CT molecular complexity index is 942. The smallest absolute Gasteiger partial charge is 0.223 e. The fourth-order valence-corrected chi connectivity index (χ4v) is 6.54. The van der Waals surface area contributed by atoms with E-state index in [1.54, 1.807) is 0 Å². The van der Waals surface area contributed by atoms with Crippen LogP contribution in [0.25, 0.3) is 0 Å². The Morgan fingerprint density at radius 3 is 2.32 bits per heavy atom. The van der Waals surface area contributed by atoms with Gasteiger partial charge in [0, 0.05) is 63.0 Å². The Kier molecular flexibility index (Phi) is 6.16. The van der Waals surface area contributed by atoms with Gasteiger partial charge in [0.15, 0.2) is 9.84 Å². The SMILES string of the molecule is CC1[C@@H]2CN(C(=O)CCC#N)CC([C@H]1C)N(c1ccc(N3CCS(=O)(=O)CC3)cc1)C2. The normalized spacial score (nSPS) is 30.0. The zero-order valence-corrected chi connectivity index (χ0v) is 19.2. The topological polar surface area (TPSA) is 84.7 Å². The monoisotopic (exact) mass is 444 g/mol. The number of piperidine rings is 1. The highest BCUT2D eigenvalue weighted by molar-refractivity contribution is 7.91. The van der Waals surface area contributed by atoms with Gasteiger partial charge in [-0.15, -0.1) is 0 Å². The zero-order chi connectivity index (χ0) is 22.2. The molecule has 31 heavy (non-hydrogen) atoms. The number of hydrogen-bond acceptors (Lipinski definition) is 6. The van der Waals surface area contributed by atoms with Crippen LogP contribution >= 0.6 is 0 Å². The predicted molar refractivity (Wildman–Crippen MR) is 122 cm³/mol. The van der Waals surface area contributed by atoms with E-state index in [-0.39, 0.29) is 29.9 Å². The molecule has 1 aromatic rings. The molecule has 168 valence electrons. The van der Waals surface area contributed by atoms with Crippen LogP contribution in [0.5, 0.6) is 0 Å². The summed E-state index contributed by atoms with van der Waals surface area (Å²) in [5.41, 5.74) is 2.22. The van der Waals surface area contributed by atoms with Crippen molar-refractivity contribution in [2.75, 3.05) is 54.0 Å². The number of nitrogens with zero attached hydrogens (tertiary/aromatic N) is 4. The van der Waals surface area contributed by atoms with Crippen LogP contribution in [0.2, 0.25) is 0 Å². The van der Waals surface area contributed by atoms with Crippen LogP contribution in [0.4, 0.5) is 11.4 Å². The standard InChI is InChI=1S/C23H32N4O3S/c1-17-18(2)22-16-26(23(28)4-3-9-24)14-19(17)15-27(22)21-7-5-20(6-8-21)25-10-12-31(29,30)13-11-25/h5-8,17-19,22H,3-4,10-16H2,1-2H3/t17?,18-,19+,22?/m0/s1. The molecule has 0 saturated carbocycles. The summed E-state index contributed by atoms with van der Waals surface area (Å²) in [6, 6.07) is 10.8. The minimum absolute atomic E-state index is 0.0927. The Hall–Kier alpha value is -2.27. The van der Waals surface area contributed by atoms with Gasteiger partial charge >= 0.3 is 0 Å². The highest BCUT2D eigenvalue weighted by Gasteiger charge is 2.44. The molecule has 7 nitrogen and oxygen atoms in total. The van der Waals surface area contributed by atoms with E-state index in [9.17, 15) is 13.2 Å². The summed E-state index contributed by atoms with van der Waals surface area (Å²) in [6.45, 7) is 8.09. The number of anilines is 2. The number of amides is 1. The van der Waals surface area contributed by atoms with Crippen molar-refractivity contribution in [1.29, 1.82) is 5.26 Å². The van der Waals surface area contributed by atoms with Crippen molar-refractivity contribution in [2.24, 2.45) is 17.8 Å². The van der Waals surface area contributed by atoms with E-state index in [1.165, 1.54) is 0 Å². The summed E-state index contributed by atoms with van der Waals surface area (Å²) in [5, 5.41) is 8.84. The lowest BCUT2D eigenvalue weighted by Gasteiger charge is -2.45. The molecule has 4 aliphatic rings. The molecule has 4 heterocycles. The molecule has 5 rings (SSSR count). The molecule has 4 saturated heterocycles. The molecule has 1 aromatic carbocycles. The number of fused-ring (bicyclic) bond motifs is 4. The van der Waals surface area contributed by atoms with Crippen LogP contribution in [0, 0.1) is 29.1 Å². The Labute approximate surface area is 185 Å². The van der Waals surface area contributed by atoms with E-state index in [0.717, 1.165) is 24.5 Å². The summed E-state index contributed by atoms with van der Waals surface area (Å²) < 4.78 is 23.4. The molecule has 0 N–H and O–H groups in total. The molecule has 1 amide bonds. The van der Waals surface area contributed by atoms with Gasteiger partial charge in [0.1, 0.15) is 0 Å². The Balaban J connectivity index is 1.50. The van der Waals surface area contributed by atoms with Crippen LogP contribution in [-0.2, 0) is 14.6 Å². The molecule has 8 heteroatoms. The molecule has 4 aliphatic heterocycles. The number of sulfone groups is 1. The fourth-order valence-electron chi connectivity index (χ4n) is 5.34. The van der Waals surface area contributed by atoms with Crippen molar-refractivity contribution in [3.63, 3.8) is 0 Å². The lowest BCUT2D eigenvalue weighted by Crippen LogP contribution is -2.52. The van der Waals surface area contributed by atoms with Gasteiger partial charge in [-0.2, -0.15) is 5.26 Å². The number of benzene rings is 1. The number of nitriles is 1. The first-order valence-corrected chi connectivity index (χ1v) is 13.1. The first-order chi connectivity index (χ1) is 14.8. The molecular formula is C23H32N4O3S. The van der Waals surface area contributed by atoms with Gasteiger partial charge in [-0.05, 0) is 42.0 Å². The second-order valence-corrected chi connectivity index (χ2v) is 11.6. The van der Waals surface area contributed by atoms with Crippen molar-refractivity contribution >= 4 is 27.1 Å². The van der Waals surface area contributed by atoms with Crippen molar-refractivity contribution in [2.45, 2.75) is 32.7 Å². The third-order valence-electron chi connectivity index (χ3n) is 7.57. The second kappa shape index (κ2) is 8.70. The minimum atomic E-state index is -2.89. The van der Waals surface area contributed by atoms with E-state index in [1.807, 2.05) is 4.90 Å². The third kappa shape index (κ3) is 4.52. The lowest BCUT2D eigenvalue weighted by atomic mass is 9.76. The molecule has 4 atom stereocenters. The highest BCUT2D eigenvalue weighted by Crippen LogP contribution is 2.40. The number of rotatable bonds is 4. The molecule has 0 radical (unpaired) electrons. The quantitative estimate of drug-likeness (QED) is 0.707. The Morgan fingerprint density at radius 1 is 1.03 bits per heavy atom. The number of carbonyl (C=O) groups excluding carboxylic acids is 1. The average molecular weight is 445 g/mol. The summed E-state index contributed by atoms with van der Waals surface area (Å²) in [5.74, 6) is 1.96. The van der Waals surface area contributed by atoms with Crippen LogP contribution < -0.4 is 9.80 Å². The highest BCUT2D eigenvalue weighted by atomic mass is 32.2. The summed E-state index contributed by atoms with van der Waals surface area (Å²) in [7, 11) is -2.89. The maximum Gasteiger partial charge on any atom is 0.223 e. The molecule has 2 bridgehead atoms. The van der Waals surface area contributed by atoms with E-state index < -0.39 is 9.84 Å². The molecular weight excluding hydrogens is 412 g/mol. The first kappa shape index (κ1) is 21.9. The van der Waals surface area contributed by atoms with Crippen LogP contribution in [0.3, 0.4) is 0 Å². The number of hydrogen-bond donors (Lipinski definition) is 0. The van der Waals surface area contributed by atoms with Crippen molar-refractivity contribution in [3.05, 3.63) is 24.3 Å². The number of carbonyl (C=O) groups is 1. The maximum atomic E-state index is 12.7. The summed E-state index contributed by atoms with van der Waals surface area (Å²) in [6.07, 6.45) is 0.581. The zero-order valence-electron chi connectivity index (χ0n) is 18.4. The average Bonchev–Trinajstić information content (AvgIpc) is 3.03. The van der Waals surface area contributed by atoms with Crippen LogP contribution in [0.1, 0.15) is 26.7 Å². The molecule has 0 spiro atoms. The van der Waals surface area contributed by atoms with Gasteiger partial charge in [-0.3, -0.25) is 4.79 Å². The fraction of sp³-hybridized carbons (Fsp3) is 0.652. The Morgan fingerprint density at radius 2 is 1.68 bits per heavy atom. The lowest BCUT2D eigenvalue weighted by molar-refractivity contribution is -0.131. The van der Waals surface area contributed by atoms with E-state index >= 15 is 0 Å². The van der Waals surface area contributed by atoms with Crippen molar-refractivity contribution in [3.8, 4) is 6.07 Å². The van der Waals surface area contributed by atoms with Gasteiger partial charge in [0.05, 0.1) is 17.6 Å². The van der Waals surface area contributed by atoms with Crippen LogP contribution in [0.15, 0.2) is 24.3 Å². The predicted octanol–water partition coefficient (Wildman–Crippen LogP) is 2.14. The van der Waals surface area contributed by atoms with Gasteiger partial charge in [0.25, 0.3) is 0 Å². The van der Waals surface area contributed by atoms with E-state index in [2.05, 4.69) is 54.0 Å². The molecule has 4 fully saturated rings. The first-order valence-electron chi connectivity index (χ1n) is 11.3. The molecule has 0 aromatic heterocycles. The van der Waals surface area contributed by atoms with Gasteiger partial charge in [-0.1, -0.05) is 13.8 Å². The third-order valence-corrected chi connectivity index (χ3v) is 9.18.